The molecule has 2 heterocycles. The lowest BCUT2D eigenvalue weighted by Crippen LogP contribution is -2.25. The predicted molar refractivity (Wildman–Crippen MR) is 102 cm³/mol. The number of amides is 1. The zero-order valence-corrected chi connectivity index (χ0v) is 14.6. The van der Waals surface area contributed by atoms with Crippen LogP contribution in [0.3, 0.4) is 0 Å². The topological polar surface area (TPSA) is 50.5 Å². The van der Waals surface area contributed by atoms with Gasteiger partial charge in [0.25, 0.3) is 5.91 Å². The zero-order chi connectivity index (χ0) is 17.6. The van der Waals surface area contributed by atoms with E-state index in [2.05, 4.69) is 0 Å². The number of carbonyl (C=O) groups is 1. The SMILES string of the molecule is Cc1cccc(N(C)C(=O)c2cc3c(=O)oc4ccccc4c3s2)c1. The molecule has 2 aromatic carbocycles. The highest BCUT2D eigenvalue weighted by atomic mass is 32.1. The van der Waals surface area contributed by atoms with Gasteiger partial charge in [-0.25, -0.2) is 4.79 Å². The molecule has 0 aliphatic carbocycles. The number of aryl methyl sites for hydroxylation is 1. The number of thiophene rings is 1. The summed E-state index contributed by atoms with van der Waals surface area (Å²) in [6.45, 7) is 1.98. The van der Waals surface area contributed by atoms with E-state index in [-0.39, 0.29) is 5.91 Å². The number of para-hydroxylation sites is 1. The molecule has 5 heteroatoms. The smallest absolute Gasteiger partial charge is 0.345 e. The molecule has 4 aromatic rings. The van der Waals surface area contributed by atoms with Crippen LogP contribution in [0.25, 0.3) is 21.1 Å². The first kappa shape index (κ1) is 15.6. The molecule has 0 fully saturated rings. The van der Waals surface area contributed by atoms with E-state index in [1.54, 1.807) is 24.1 Å². The van der Waals surface area contributed by atoms with Crippen molar-refractivity contribution < 1.29 is 9.21 Å². The number of hydrogen-bond donors (Lipinski definition) is 0. The molecule has 1 amide bonds. The van der Waals surface area contributed by atoms with Crippen molar-refractivity contribution in [1.29, 1.82) is 0 Å². The molecule has 0 aliphatic rings. The maximum Gasteiger partial charge on any atom is 0.345 e. The van der Waals surface area contributed by atoms with Crippen molar-refractivity contribution in [3.05, 3.63) is 75.5 Å². The summed E-state index contributed by atoms with van der Waals surface area (Å²) in [5.41, 5.74) is 2.02. The molecule has 0 atom stereocenters. The van der Waals surface area contributed by atoms with Gasteiger partial charge in [-0.1, -0.05) is 24.3 Å². The molecular formula is C20H15NO3S. The molecule has 0 unspecified atom stereocenters. The van der Waals surface area contributed by atoms with Crippen molar-refractivity contribution >= 4 is 44.0 Å². The fraction of sp³-hybridized carbons (Fsp3) is 0.100. The fourth-order valence-electron chi connectivity index (χ4n) is 2.87. The monoisotopic (exact) mass is 349 g/mol. The lowest BCUT2D eigenvalue weighted by atomic mass is 10.2. The van der Waals surface area contributed by atoms with E-state index in [0.29, 0.717) is 15.8 Å². The zero-order valence-electron chi connectivity index (χ0n) is 13.8. The maximum atomic E-state index is 12.9. The van der Waals surface area contributed by atoms with Gasteiger partial charge in [-0.2, -0.15) is 0 Å². The van der Waals surface area contributed by atoms with Crippen LogP contribution in [0.4, 0.5) is 5.69 Å². The molecule has 4 nitrogen and oxygen atoms in total. The van der Waals surface area contributed by atoms with Gasteiger partial charge >= 0.3 is 5.63 Å². The highest BCUT2D eigenvalue weighted by Crippen LogP contribution is 2.31. The van der Waals surface area contributed by atoms with Gasteiger partial charge in [0.05, 0.1) is 15.0 Å². The predicted octanol–water partition coefficient (Wildman–Crippen LogP) is 4.59. The Morgan fingerprint density at radius 3 is 2.64 bits per heavy atom. The maximum absolute atomic E-state index is 12.9. The average Bonchev–Trinajstić information content (AvgIpc) is 3.07. The third kappa shape index (κ3) is 2.62. The minimum Gasteiger partial charge on any atom is -0.422 e. The molecule has 25 heavy (non-hydrogen) atoms. The van der Waals surface area contributed by atoms with Gasteiger partial charge in [-0.3, -0.25) is 4.79 Å². The van der Waals surface area contributed by atoms with Crippen molar-refractivity contribution in [2.75, 3.05) is 11.9 Å². The van der Waals surface area contributed by atoms with Gasteiger partial charge < -0.3 is 9.32 Å². The van der Waals surface area contributed by atoms with Crippen LogP contribution in [0, 0.1) is 6.92 Å². The Bertz CT molecular complexity index is 1170. The number of rotatable bonds is 2. The highest BCUT2D eigenvalue weighted by Gasteiger charge is 2.19. The second-order valence-corrected chi connectivity index (χ2v) is 6.99. The molecule has 2 aromatic heterocycles. The Kier molecular flexibility index (Phi) is 3.66. The molecule has 0 saturated carbocycles. The average molecular weight is 349 g/mol. The minimum absolute atomic E-state index is 0.143. The molecule has 0 saturated heterocycles. The quantitative estimate of drug-likeness (QED) is 0.497. The molecule has 0 bridgehead atoms. The van der Waals surface area contributed by atoms with Crippen LogP contribution in [0.5, 0.6) is 0 Å². The fourth-order valence-corrected chi connectivity index (χ4v) is 4.02. The van der Waals surface area contributed by atoms with Crippen LogP contribution in [-0.4, -0.2) is 13.0 Å². The first-order chi connectivity index (χ1) is 12.0. The largest absolute Gasteiger partial charge is 0.422 e. The van der Waals surface area contributed by atoms with Gasteiger partial charge in [0, 0.05) is 18.1 Å². The summed E-state index contributed by atoms with van der Waals surface area (Å²) in [7, 11) is 1.74. The number of nitrogens with zero attached hydrogens (tertiary/aromatic N) is 1. The number of anilines is 1. The van der Waals surface area contributed by atoms with Crippen LogP contribution in [0.2, 0.25) is 0 Å². The summed E-state index contributed by atoms with van der Waals surface area (Å²) >= 11 is 1.33. The summed E-state index contributed by atoms with van der Waals surface area (Å²) in [6.07, 6.45) is 0. The van der Waals surface area contributed by atoms with Crippen LogP contribution >= 0.6 is 11.3 Å². The Hall–Kier alpha value is -2.92. The van der Waals surface area contributed by atoms with E-state index in [1.807, 2.05) is 49.4 Å². The van der Waals surface area contributed by atoms with Gasteiger partial charge in [0.15, 0.2) is 0 Å². The van der Waals surface area contributed by atoms with Crippen molar-refractivity contribution in [1.82, 2.24) is 0 Å². The minimum atomic E-state index is -0.415. The summed E-state index contributed by atoms with van der Waals surface area (Å²) in [5, 5.41) is 1.30. The Morgan fingerprint density at radius 2 is 1.84 bits per heavy atom. The van der Waals surface area contributed by atoms with Crippen molar-refractivity contribution in [3.8, 4) is 0 Å². The highest BCUT2D eigenvalue weighted by molar-refractivity contribution is 7.21. The molecule has 0 aliphatic heterocycles. The van der Waals surface area contributed by atoms with Crippen LogP contribution in [-0.2, 0) is 0 Å². The number of fused-ring (bicyclic) bond motifs is 3. The summed E-state index contributed by atoms with van der Waals surface area (Å²) in [5.74, 6) is -0.143. The molecule has 0 N–H and O–H groups in total. The number of benzene rings is 2. The Balaban J connectivity index is 1.84. The van der Waals surface area contributed by atoms with E-state index in [4.69, 9.17) is 4.42 Å². The number of carbonyl (C=O) groups excluding carboxylic acids is 1. The summed E-state index contributed by atoms with van der Waals surface area (Å²) in [6, 6.07) is 16.8. The van der Waals surface area contributed by atoms with E-state index in [9.17, 15) is 9.59 Å². The van der Waals surface area contributed by atoms with Crippen molar-refractivity contribution in [2.24, 2.45) is 0 Å². The van der Waals surface area contributed by atoms with Gasteiger partial charge in [-0.05, 0) is 42.8 Å². The van der Waals surface area contributed by atoms with E-state index in [0.717, 1.165) is 21.3 Å². The van der Waals surface area contributed by atoms with Crippen LogP contribution in [0.15, 0.2) is 63.8 Å². The molecule has 4 rings (SSSR count). The lowest BCUT2D eigenvalue weighted by molar-refractivity contribution is 0.0997. The third-order valence-corrected chi connectivity index (χ3v) is 5.35. The van der Waals surface area contributed by atoms with E-state index in [1.165, 1.54) is 11.3 Å². The second kappa shape index (κ2) is 5.86. The standard InChI is InChI=1S/C20H15NO3S/c1-12-6-5-7-13(10-12)21(2)19(22)17-11-15-18(25-17)14-8-3-4-9-16(14)24-20(15)23/h3-11H,1-2H3. The lowest BCUT2D eigenvalue weighted by Gasteiger charge is -2.16. The van der Waals surface area contributed by atoms with E-state index < -0.39 is 5.63 Å². The summed E-state index contributed by atoms with van der Waals surface area (Å²) in [4.78, 5) is 27.2. The Labute approximate surface area is 147 Å². The molecule has 124 valence electrons. The van der Waals surface area contributed by atoms with Gasteiger partial charge in [0.2, 0.25) is 0 Å². The summed E-state index contributed by atoms with van der Waals surface area (Å²) < 4.78 is 6.14. The first-order valence-corrected chi connectivity index (χ1v) is 8.66. The number of hydrogen-bond acceptors (Lipinski definition) is 4. The second-order valence-electron chi connectivity index (χ2n) is 5.94. The molecule has 0 spiro atoms. The molecule has 0 radical (unpaired) electrons. The van der Waals surface area contributed by atoms with Gasteiger partial charge in [0.1, 0.15) is 5.58 Å². The first-order valence-electron chi connectivity index (χ1n) is 7.85. The van der Waals surface area contributed by atoms with Crippen molar-refractivity contribution in [2.45, 2.75) is 6.92 Å². The van der Waals surface area contributed by atoms with E-state index >= 15 is 0 Å². The van der Waals surface area contributed by atoms with Crippen molar-refractivity contribution in [3.63, 3.8) is 0 Å². The van der Waals surface area contributed by atoms with Crippen LogP contribution in [0.1, 0.15) is 15.2 Å². The Morgan fingerprint density at radius 1 is 1.04 bits per heavy atom. The normalized spacial score (nSPS) is 11.1. The third-order valence-electron chi connectivity index (χ3n) is 4.19. The van der Waals surface area contributed by atoms with Gasteiger partial charge in [-0.15, -0.1) is 11.3 Å². The molecular weight excluding hydrogens is 334 g/mol. The van der Waals surface area contributed by atoms with Crippen LogP contribution < -0.4 is 10.5 Å².